The summed E-state index contributed by atoms with van der Waals surface area (Å²) in [5.41, 5.74) is 6.26. The minimum absolute atomic E-state index is 0.0657. The molecule has 1 rings (SSSR count). The molecule has 0 radical (unpaired) electrons. The first kappa shape index (κ1) is 18.6. The van der Waals surface area contributed by atoms with Crippen molar-refractivity contribution in [2.75, 3.05) is 40.0 Å². The molecule has 0 bridgehead atoms. The van der Waals surface area contributed by atoms with Crippen molar-refractivity contribution in [3.05, 3.63) is 35.4 Å². The van der Waals surface area contributed by atoms with E-state index in [1.54, 1.807) is 31.4 Å². The predicted molar refractivity (Wildman–Crippen MR) is 85.5 cm³/mol. The molecule has 0 aromatic heterocycles. The number of methoxy groups -OCH3 is 1. The van der Waals surface area contributed by atoms with Gasteiger partial charge in [0.25, 0.3) is 5.91 Å². The topological polar surface area (TPSA) is 127 Å². The Morgan fingerprint density at radius 3 is 2.35 bits per heavy atom. The maximum Gasteiger partial charge on any atom is 0.251 e. The molecule has 0 saturated heterocycles. The van der Waals surface area contributed by atoms with Crippen molar-refractivity contribution in [3.8, 4) is 0 Å². The van der Waals surface area contributed by atoms with E-state index in [0.717, 1.165) is 0 Å². The van der Waals surface area contributed by atoms with Crippen LogP contribution >= 0.6 is 0 Å². The summed E-state index contributed by atoms with van der Waals surface area (Å²) in [5.74, 6) is -0.732. The zero-order chi connectivity index (χ0) is 17.1. The van der Waals surface area contributed by atoms with E-state index in [0.29, 0.717) is 37.5 Å². The van der Waals surface area contributed by atoms with Gasteiger partial charge in [0.2, 0.25) is 5.91 Å². The number of rotatable bonds is 10. The lowest BCUT2D eigenvalue weighted by molar-refractivity contribution is -0.120. The Hall–Kier alpha value is -2.45. The molecular formula is C15H22N4O4. The number of ether oxygens (including phenoxy) is 2. The van der Waals surface area contributed by atoms with Crippen LogP contribution in [0.2, 0.25) is 0 Å². The van der Waals surface area contributed by atoms with Crippen molar-refractivity contribution >= 4 is 17.6 Å². The second kappa shape index (κ2) is 10.3. The van der Waals surface area contributed by atoms with E-state index in [1.165, 1.54) is 0 Å². The standard InChI is InChI=1S/C15H22N4O4/c1-22-8-9-23-7-6-18-13(20)10-19-15(21)12-4-2-11(3-5-12)14(16)17/h2-5H,6-10H2,1H3,(H3,16,17)(H,18,20)(H,19,21). The van der Waals surface area contributed by atoms with Gasteiger partial charge in [0.05, 0.1) is 26.4 Å². The molecule has 8 heteroatoms. The molecule has 0 aliphatic carbocycles. The van der Waals surface area contributed by atoms with E-state index < -0.39 is 0 Å². The number of carbonyl (C=O) groups excluding carboxylic acids is 2. The van der Waals surface area contributed by atoms with Gasteiger partial charge >= 0.3 is 0 Å². The van der Waals surface area contributed by atoms with Crippen molar-refractivity contribution in [1.29, 1.82) is 5.41 Å². The van der Waals surface area contributed by atoms with Crippen molar-refractivity contribution < 1.29 is 19.1 Å². The average Bonchev–Trinajstić information content (AvgIpc) is 2.55. The minimum atomic E-state index is -0.369. The number of carbonyl (C=O) groups is 2. The lowest BCUT2D eigenvalue weighted by Crippen LogP contribution is -2.38. The predicted octanol–water partition coefficient (Wildman–Crippen LogP) is -0.520. The van der Waals surface area contributed by atoms with Crippen LogP contribution in [0.25, 0.3) is 0 Å². The highest BCUT2D eigenvalue weighted by atomic mass is 16.5. The summed E-state index contributed by atoms with van der Waals surface area (Å²) in [4.78, 5) is 23.4. The fourth-order valence-corrected chi connectivity index (χ4v) is 1.63. The summed E-state index contributed by atoms with van der Waals surface area (Å²) in [5, 5.41) is 12.4. The first-order valence-electron chi connectivity index (χ1n) is 7.10. The summed E-state index contributed by atoms with van der Waals surface area (Å²) in [6, 6.07) is 6.25. The Balaban J connectivity index is 2.24. The third-order valence-electron chi connectivity index (χ3n) is 2.87. The van der Waals surface area contributed by atoms with Crippen LogP contribution in [0.4, 0.5) is 0 Å². The van der Waals surface area contributed by atoms with Gasteiger partial charge in [-0.25, -0.2) is 0 Å². The molecule has 0 aliphatic heterocycles. The number of amidine groups is 1. The van der Waals surface area contributed by atoms with Crippen LogP contribution in [-0.4, -0.2) is 57.7 Å². The number of nitrogen functional groups attached to an aromatic ring is 1. The Morgan fingerprint density at radius 2 is 1.74 bits per heavy atom. The number of nitrogens with two attached hydrogens (primary N) is 1. The summed E-state index contributed by atoms with van der Waals surface area (Å²) >= 11 is 0. The van der Waals surface area contributed by atoms with E-state index in [9.17, 15) is 9.59 Å². The van der Waals surface area contributed by atoms with Crippen LogP contribution in [0.15, 0.2) is 24.3 Å². The van der Waals surface area contributed by atoms with E-state index in [-0.39, 0.29) is 24.2 Å². The number of benzene rings is 1. The molecule has 0 aliphatic rings. The van der Waals surface area contributed by atoms with Gasteiger partial charge < -0.3 is 25.8 Å². The molecule has 5 N–H and O–H groups in total. The molecule has 0 unspecified atom stereocenters. The zero-order valence-electron chi connectivity index (χ0n) is 13.1. The molecule has 1 aromatic carbocycles. The molecule has 2 amide bonds. The Labute approximate surface area is 134 Å². The van der Waals surface area contributed by atoms with E-state index in [2.05, 4.69) is 10.6 Å². The fraction of sp³-hybridized carbons (Fsp3) is 0.400. The molecule has 0 atom stereocenters. The smallest absolute Gasteiger partial charge is 0.251 e. The first-order valence-corrected chi connectivity index (χ1v) is 7.10. The van der Waals surface area contributed by atoms with Crippen LogP contribution < -0.4 is 16.4 Å². The van der Waals surface area contributed by atoms with Crippen molar-refractivity contribution in [2.24, 2.45) is 5.73 Å². The number of hydrogen-bond donors (Lipinski definition) is 4. The van der Waals surface area contributed by atoms with Gasteiger partial charge in [0.15, 0.2) is 0 Å². The normalized spacial score (nSPS) is 10.1. The third-order valence-corrected chi connectivity index (χ3v) is 2.87. The van der Waals surface area contributed by atoms with Crippen molar-refractivity contribution in [3.63, 3.8) is 0 Å². The Kier molecular flexibility index (Phi) is 8.33. The lowest BCUT2D eigenvalue weighted by atomic mass is 10.1. The Bertz CT molecular complexity index is 531. The third kappa shape index (κ3) is 7.39. The SMILES string of the molecule is COCCOCCNC(=O)CNC(=O)c1ccc(C(=N)N)cc1. The van der Waals surface area contributed by atoms with Crippen molar-refractivity contribution in [1.82, 2.24) is 10.6 Å². The van der Waals surface area contributed by atoms with Gasteiger partial charge in [-0.3, -0.25) is 15.0 Å². The van der Waals surface area contributed by atoms with Crippen LogP contribution in [0.1, 0.15) is 15.9 Å². The quantitative estimate of drug-likeness (QED) is 0.262. The van der Waals surface area contributed by atoms with E-state index in [4.69, 9.17) is 20.6 Å². The highest BCUT2D eigenvalue weighted by Gasteiger charge is 2.08. The fourth-order valence-electron chi connectivity index (χ4n) is 1.63. The van der Waals surface area contributed by atoms with Crippen LogP contribution in [-0.2, 0) is 14.3 Å². The molecule has 8 nitrogen and oxygen atoms in total. The first-order chi connectivity index (χ1) is 11.0. The molecule has 0 heterocycles. The maximum atomic E-state index is 11.9. The average molecular weight is 322 g/mol. The molecule has 0 spiro atoms. The van der Waals surface area contributed by atoms with Gasteiger partial charge in [0.1, 0.15) is 5.84 Å². The summed E-state index contributed by atoms with van der Waals surface area (Å²) in [6.07, 6.45) is 0. The summed E-state index contributed by atoms with van der Waals surface area (Å²) in [7, 11) is 1.58. The van der Waals surface area contributed by atoms with Crippen molar-refractivity contribution in [2.45, 2.75) is 0 Å². The minimum Gasteiger partial charge on any atom is -0.384 e. The van der Waals surface area contributed by atoms with Crippen LogP contribution in [0.3, 0.4) is 0 Å². The number of nitrogens with one attached hydrogen (secondary N) is 3. The number of hydrogen-bond acceptors (Lipinski definition) is 5. The molecule has 0 fully saturated rings. The van der Waals surface area contributed by atoms with Gasteiger partial charge in [-0.2, -0.15) is 0 Å². The van der Waals surface area contributed by atoms with Crippen LogP contribution in [0, 0.1) is 5.41 Å². The van der Waals surface area contributed by atoms with Gasteiger partial charge in [0, 0.05) is 24.8 Å². The van der Waals surface area contributed by atoms with Crippen LogP contribution in [0.5, 0.6) is 0 Å². The molecule has 1 aromatic rings. The van der Waals surface area contributed by atoms with E-state index in [1.807, 2.05) is 0 Å². The zero-order valence-corrected chi connectivity index (χ0v) is 13.1. The second-order valence-corrected chi connectivity index (χ2v) is 4.63. The Morgan fingerprint density at radius 1 is 1.09 bits per heavy atom. The van der Waals surface area contributed by atoms with Gasteiger partial charge in [-0.15, -0.1) is 0 Å². The van der Waals surface area contributed by atoms with Gasteiger partial charge in [-0.05, 0) is 12.1 Å². The van der Waals surface area contributed by atoms with Gasteiger partial charge in [-0.1, -0.05) is 12.1 Å². The highest BCUT2D eigenvalue weighted by Crippen LogP contribution is 2.03. The molecule has 23 heavy (non-hydrogen) atoms. The molecule has 126 valence electrons. The molecule has 0 saturated carbocycles. The second-order valence-electron chi connectivity index (χ2n) is 4.63. The lowest BCUT2D eigenvalue weighted by Gasteiger charge is -2.08. The summed E-state index contributed by atoms with van der Waals surface area (Å²) < 4.78 is 10.0. The highest BCUT2D eigenvalue weighted by molar-refractivity contribution is 5.99. The maximum absolute atomic E-state index is 11.9. The summed E-state index contributed by atoms with van der Waals surface area (Å²) in [6.45, 7) is 1.61. The molecular weight excluding hydrogens is 300 g/mol. The number of amides is 2. The monoisotopic (exact) mass is 322 g/mol. The van der Waals surface area contributed by atoms with E-state index >= 15 is 0 Å². The largest absolute Gasteiger partial charge is 0.384 e.